The number of pyridine rings is 2. The van der Waals surface area contributed by atoms with Crippen LogP contribution in [0.25, 0.3) is 16.3 Å². The fourth-order valence-electron chi connectivity index (χ4n) is 3.30. The van der Waals surface area contributed by atoms with Gasteiger partial charge in [0.15, 0.2) is 0 Å². The molecule has 0 aromatic carbocycles. The summed E-state index contributed by atoms with van der Waals surface area (Å²) in [6, 6.07) is 3.56. The number of hydrogen-bond acceptors (Lipinski definition) is 5. The quantitative estimate of drug-likeness (QED) is 0.441. The molecule has 2 heterocycles. The lowest BCUT2D eigenvalue weighted by Crippen LogP contribution is -2.34. The summed E-state index contributed by atoms with van der Waals surface area (Å²) in [7, 11) is 1.58. The molecule has 1 atom stereocenters. The van der Waals surface area contributed by atoms with Crippen LogP contribution >= 0.6 is 0 Å². The highest BCUT2D eigenvalue weighted by Crippen LogP contribution is 2.28. The van der Waals surface area contributed by atoms with Crippen molar-refractivity contribution in [1.29, 1.82) is 0 Å². The van der Waals surface area contributed by atoms with Gasteiger partial charge in [0.05, 0.1) is 11.8 Å². The number of carbonyl (C=O) groups is 1. The number of alkyl halides is 3. The number of ether oxygens (including phenoxy) is 1. The fourth-order valence-corrected chi connectivity index (χ4v) is 3.30. The molecule has 6 nitrogen and oxygen atoms in total. The molecule has 0 spiro atoms. The second-order valence-corrected chi connectivity index (χ2v) is 9.27. The van der Waals surface area contributed by atoms with E-state index in [4.69, 9.17) is 4.74 Å². The van der Waals surface area contributed by atoms with Crippen molar-refractivity contribution < 1.29 is 27.8 Å². The second kappa shape index (κ2) is 11.0. The summed E-state index contributed by atoms with van der Waals surface area (Å²) in [5.41, 5.74) is 1.63. The van der Waals surface area contributed by atoms with Crippen molar-refractivity contribution in [2.75, 3.05) is 11.9 Å². The Balaban J connectivity index is 2.24. The molecule has 190 valence electrons. The average molecular weight is 492 g/mol. The molecule has 0 aliphatic rings. The number of nitrogens with zero attached hydrogens (tertiary/aromatic N) is 3. The zero-order chi connectivity index (χ0) is 26.6. The minimum Gasteiger partial charge on any atom is -0.443 e. The number of halogens is 3. The van der Waals surface area contributed by atoms with E-state index in [9.17, 15) is 23.1 Å². The largest absolute Gasteiger partial charge is 0.443 e. The van der Waals surface area contributed by atoms with E-state index < -0.39 is 36.8 Å². The van der Waals surface area contributed by atoms with E-state index in [1.165, 1.54) is 4.90 Å². The van der Waals surface area contributed by atoms with Crippen LogP contribution in [0.4, 0.5) is 23.8 Å². The number of fused-ring (bicyclic) bond motifs is 1. The summed E-state index contributed by atoms with van der Waals surface area (Å²) in [4.78, 5) is 22.5. The lowest BCUT2D eigenvalue weighted by atomic mass is 9.97. The maximum absolute atomic E-state index is 12.4. The molecule has 0 bridgehead atoms. The first kappa shape index (κ1) is 28.0. The van der Waals surface area contributed by atoms with Crippen LogP contribution in [0.1, 0.15) is 53.2 Å². The monoisotopic (exact) mass is 491 g/mol. The van der Waals surface area contributed by atoms with Crippen molar-refractivity contribution in [1.82, 2.24) is 9.97 Å². The fraction of sp³-hybridized carbons (Fsp3) is 0.423. The number of aliphatic hydroxyl groups is 1. The van der Waals surface area contributed by atoms with Crippen LogP contribution in [0.3, 0.4) is 0 Å². The summed E-state index contributed by atoms with van der Waals surface area (Å²) < 4.78 is 42.7. The zero-order valence-corrected chi connectivity index (χ0v) is 20.9. The van der Waals surface area contributed by atoms with Gasteiger partial charge in [-0.25, -0.2) is 9.78 Å². The van der Waals surface area contributed by atoms with Gasteiger partial charge < -0.3 is 9.84 Å². The number of rotatable bonds is 7. The molecule has 35 heavy (non-hydrogen) atoms. The van der Waals surface area contributed by atoms with Gasteiger partial charge >= 0.3 is 12.3 Å². The molecule has 1 amide bonds. The summed E-state index contributed by atoms with van der Waals surface area (Å²) >= 11 is 0. The molecule has 0 saturated carbocycles. The third kappa shape index (κ3) is 8.20. The van der Waals surface area contributed by atoms with Gasteiger partial charge in [0.25, 0.3) is 0 Å². The molecule has 2 rings (SSSR count). The van der Waals surface area contributed by atoms with Crippen LogP contribution in [-0.2, 0) is 4.74 Å². The highest BCUT2D eigenvalue weighted by Gasteiger charge is 2.28. The van der Waals surface area contributed by atoms with Crippen molar-refractivity contribution in [3.05, 3.63) is 60.1 Å². The van der Waals surface area contributed by atoms with Crippen molar-refractivity contribution in [3.63, 3.8) is 0 Å². The maximum atomic E-state index is 12.4. The lowest BCUT2D eigenvalue weighted by molar-refractivity contribution is -0.138. The third-order valence-electron chi connectivity index (χ3n) is 5.12. The average Bonchev–Trinajstić information content (AvgIpc) is 2.75. The number of aliphatic hydroxyl groups excluding tert-OH is 1. The van der Waals surface area contributed by atoms with Crippen LogP contribution < -0.4 is 4.90 Å². The molecule has 0 radical (unpaired) electrons. The first-order valence-corrected chi connectivity index (χ1v) is 11.1. The second-order valence-electron chi connectivity index (χ2n) is 9.27. The molecule has 1 unspecified atom stereocenters. The molecule has 0 fully saturated rings. The third-order valence-corrected chi connectivity index (χ3v) is 5.12. The standard InChI is InChI=1S/C26H32F3N3O3/c1-8-20(16(2)11-17(3)22(33)9-10-26(27,28)29)21-12-18-15-31-23(13-19(18)14-30-21)32(7)24(34)35-25(4,5)6/h8,11-15,22,33H,3,9-10H2,1-2,4-7H3/b16-11-,20-8+. The highest BCUT2D eigenvalue weighted by molar-refractivity contribution is 5.92. The van der Waals surface area contributed by atoms with Crippen LogP contribution in [0.15, 0.2) is 54.4 Å². The van der Waals surface area contributed by atoms with Gasteiger partial charge in [0, 0.05) is 36.6 Å². The predicted octanol–water partition coefficient (Wildman–Crippen LogP) is 6.61. The van der Waals surface area contributed by atoms with Gasteiger partial charge in [-0.2, -0.15) is 13.2 Å². The van der Waals surface area contributed by atoms with Crippen LogP contribution in [0.2, 0.25) is 0 Å². The minimum absolute atomic E-state index is 0.198. The van der Waals surface area contributed by atoms with E-state index in [2.05, 4.69) is 16.5 Å². The van der Waals surface area contributed by atoms with Crippen LogP contribution in [-0.4, -0.2) is 46.1 Å². The number of hydrogen-bond donors (Lipinski definition) is 1. The van der Waals surface area contributed by atoms with E-state index in [1.54, 1.807) is 59.3 Å². The number of anilines is 1. The first-order valence-electron chi connectivity index (χ1n) is 11.1. The SMILES string of the molecule is C=C(/C=C(C)\C(=C/C)c1cc2cnc(N(C)C(=O)OC(C)(C)C)cc2cn1)C(O)CCC(F)(F)F. The summed E-state index contributed by atoms with van der Waals surface area (Å²) in [5, 5.41) is 11.6. The Kier molecular flexibility index (Phi) is 8.84. The Morgan fingerprint density at radius 3 is 2.37 bits per heavy atom. The molecule has 0 aliphatic heterocycles. The van der Waals surface area contributed by atoms with Gasteiger partial charge in [-0.15, -0.1) is 0 Å². The van der Waals surface area contributed by atoms with Crippen molar-refractivity contribution >= 4 is 28.3 Å². The molecule has 1 N–H and O–H groups in total. The summed E-state index contributed by atoms with van der Waals surface area (Å²) in [6.45, 7) is 12.7. The van der Waals surface area contributed by atoms with E-state index in [-0.39, 0.29) is 5.57 Å². The van der Waals surface area contributed by atoms with Gasteiger partial charge in [0.1, 0.15) is 11.4 Å². The Hall–Kier alpha value is -3.20. The highest BCUT2D eigenvalue weighted by atomic mass is 19.4. The van der Waals surface area contributed by atoms with Crippen molar-refractivity contribution in [2.45, 2.75) is 65.3 Å². The Morgan fingerprint density at radius 1 is 1.20 bits per heavy atom. The van der Waals surface area contributed by atoms with E-state index in [1.807, 2.05) is 19.1 Å². The molecule has 0 saturated heterocycles. The van der Waals surface area contributed by atoms with E-state index >= 15 is 0 Å². The topological polar surface area (TPSA) is 75.6 Å². The Labute approximate surface area is 203 Å². The van der Waals surface area contributed by atoms with E-state index in [0.717, 1.165) is 16.3 Å². The predicted molar refractivity (Wildman–Crippen MR) is 132 cm³/mol. The number of aromatic nitrogens is 2. The van der Waals surface area contributed by atoms with Gasteiger partial charge in [0.2, 0.25) is 0 Å². The van der Waals surface area contributed by atoms with Crippen molar-refractivity contribution in [2.24, 2.45) is 0 Å². The van der Waals surface area contributed by atoms with Crippen LogP contribution in [0, 0.1) is 0 Å². The number of allylic oxidation sites excluding steroid dienone is 3. The Bertz CT molecular complexity index is 1150. The summed E-state index contributed by atoms with van der Waals surface area (Å²) in [6.07, 6.45) is -1.00. The molecule has 9 heteroatoms. The van der Waals surface area contributed by atoms with Gasteiger partial charge in [-0.1, -0.05) is 18.7 Å². The number of amides is 1. The Morgan fingerprint density at radius 2 is 1.80 bits per heavy atom. The van der Waals surface area contributed by atoms with Gasteiger partial charge in [-0.05, 0) is 69.9 Å². The van der Waals surface area contributed by atoms with Gasteiger partial charge in [-0.3, -0.25) is 9.88 Å². The number of carbonyl (C=O) groups excluding carboxylic acids is 1. The molecule has 0 aliphatic carbocycles. The molecule has 2 aromatic heterocycles. The minimum atomic E-state index is -4.33. The van der Waals surface area contributed by atoms with Crippen molar-refractivity contribution in [3.8, 4) is 0 Å². The maximum Gasteiger partial charge on any atom is 0.415 e. The first-order chi connectivity index (χ1) is 16.1. The van der Waals surface area contributed by atoms with Crippen LogP contribution in [0.5, 0.6) is 0 Å². The van der Waals surface area contributed by atoms with E-state index in [0.29, 0.717) is 17.1 Å². The molecular formula is C26H32F3N3O3. The molecule has 2 aromatic rings. The molecular weight excluding hydrogens is 459 g/mol. The zero-order valence-electron chi connectivity index (χ0n) is 20.9. The normalized spacial score (nSPS) is 14.1. The lowest BCUT2D eigenvalue weighted by Gasteiger charge is -2.24. The smallest absolute Gasteiger partial charge is 0.415 e. The summed E-state index contributed by atoms with van der Waals surface area (Å²) in [5.74, 6) is 0.410.